The Morgan fingerprint density at radius 3 is 2.24 bits per heavy atom. The normalized spacial score (nSPS) is 19.8. The predicted octanol–water partition coefficient (Wildman–Crippen LogP) is 4.90. The minimum Gasteiger partial charge on any atom is -0.383 e. The van der Waals surface area contributed by atoms with Crippen LogP contribution in [0.2, 0.25) is 0 Å². The highest BCUT2D eigenvalue weighted by molar-refractivity contribution is 6.02. The van der Waals surface area contributed by atoms with E-state index in [1.165, 1.54) is 18.5 Å². The quantitative estimate of drug-likeness (QED) is 0.129. The smallest absolute Gasteiger partial charge is 0.317 e. The summed E-state index contributed by atoms with van der Waals surface area (Å²) in [5, 5.41) is 18.0. The number of nitrogen functional groups attached to an aromatic ring is 1. The number of anilines is 3. The van der Waals surface area contributed by atoms with Crippen molar-refractivity contribution in [1.29, 1.82) is 0 Å². The van der Waals surface area contributed by atoms with E-state index in [4.69, 9.17) is 25.3 Å². The van der Waals surface area contributed by atoms with Crippen LogP contribution in [-0.2, 0) is 19.9 Å². The molecule has 22 heteroatoms. The third-order valence-corrected chi connectivity index (χ3v) is 15.1. The number of imide groups is 1. The van der Waals surface area contributed by atoms with Gasteiger partial charge >= 0.3 is 6.03 Å². The van der Waals surface area contributed by atoms with Gasteiger partial charge in [0.25, 0.3) is 0 Å². The summed E-state index contributed by atoms with van der Waals surface area (Å²) in [5.74, 6) is -0.479. The van der Waals surface area contributed by atoms with Gasteiger partial charge in [0.15, 0.2) is 28.9 Å². The number of aryl methyl sites for hydroxylation is 1. The van der Waals surface area contributed by atoms with Crippen molar-refractivity contribution in [3.05, 3.63) is 53.3 Å². The van der Waals surface area contributed by atoms with Crippen molar-refractivity contribution in [3.63, 3.8) is 0 Å². The summed E-state index contributed by atoms with van der Waals surface area (Å²) >= 11 is 0. The van der Waals surface area contributed by atoms with Crippen LogP contribution in [0, 0.1) is 24.5 Å². The Hall–Kier alpha value is -6.84. The number of urea groups is 1. The van der Waals surface area contributed by atoms with Gasteiger partial charge in [0, 0.05) is 93.7 Å². The molecular weight excluding hydrogens is 917 g/mol. The lowest BCUT2D eigenvalue weighted by Gasteiger charge is -2.50. The maximum Gasteiger partial charge on any atom is 0.317 e. The molecule has 4 aliphatic heterocycles. The molecular formula is C49H61F2N15O5. The van der Waals surface area contributed by atoms with Crippen LogP contribution in [0.15, 0.2) is 29.2 Å². The van der Waals surface area contributed by atoms with Gasteiger partial charge < -0.3 is 35.6 Å². The minimum absolute atomic E-state index is 0.0222. The summed E-state index contributed by atoms with van der Waals surface area (Å²) < 4.78 is 38.6. The Kier molecular flexibility index (Phi) is 12.4. The van der Waals surface area contributed by atoms with E-state index in [1.54, 1.807) is 9.80 Å². The molecule has 8 heterocycles. The van der Waals surface area contributed by atoms with Crippen molar-refractivity contribution in [2.24, 2.45) is 5.92 Å². The molecule has 0 radical (unpaired) electrons. The summed E-state index contributed by atoms with van der Waals surface area (Å²) in [7, 11) is 0. The van der Waals surface area contributed by atoms with Crippen LogP contribution in [0.3, 0.4) is 0 Å². The average Bonchev–Trinajstić information content (AvgIpc) is 3.93. The van der Waals surface area contributed by atoms with Gasteiger partial charge in [0.2, 0.25) is 17.7 Å². The minimum atomic E-state index is -0.750. The van der Waals surface area contributed by atoms with Crippen molar-refractivity contribution in [2.75, 3.05) is 74.9 Å². The van der Waals surface area contributed by atoms with Crippen molar-refractivity contribution < 1.29 is 32.5 Å². The summed E-state index contributed by atoms with van der Waals surface area (Å²) in [5.41, 5.74) is 9.80. The summed E-state index contributed by atoms with van der Waals surface area (Å²) in [6, 6.07) is 1.34. The van der Waals surface area contributed by atoms with E-state index >= 15 is 8.78 Å². The largest absolute Gasteiger partial charge is 0.383 e. The fourth-order valence-corrected chi connectivity index (χ4v) is 10.7. The molecule has 4 aromatic heterocycles. The van der Waals surface area contributed by atoms with Crippen LogP contribution in [0.1, 0.15) is 102 Å². The number of fused-ring (bicyclic) bond motifs is 1. The van der Waals surface area contributed by atoms with E-state index in [2.05, 4.69) is 49.8 Å². The van der Waals surface area contributed by atoms with Crippen molar-refractivity contribution >= 4 is 52.0 Å². The van der Waals surface area contributed by atoms with E-state index in [-0.39, 0.29) is 77.7 Å². The number of nitrogens with two attached hydrogens (primary N) is 1. The van der Waals surface area contributed by atoms with E-state index in [0.717, 1.165) is 36.9 Å². The van der Waals surface area contributed by atoms with Crippen LogP contribution in [0.4, 0.5) is 30.8 Å². The first-order chi connectivity index (χ1) is 33.8. The number of rotatable bonds is 11. The van der Waals surface area contributed by atoms with E-state index in [1.807, 2.05) is 43.5 Å². The lowest BCUT2D eigenvalue weighted by Crippen LogP contribution is -2.59. The molecule has 4 saturated heterocycles. The molecule has 5 amide bonds. The van der Waals surface area contributed by atoms with E-state index < -0.39 is 29.1 Å². The number of hydrogen-bond acceptors (Lipinski definition) is 15. The Labute approximate surface area is 409 Å². The molecule has 5 aliphatic rings. The zero-order valence-corrected chi connectivity index (χ0v) is 41.0. The number of halogens is 2. The number of piperidine rings is 2. The molecule has 376 valence electrons. The lowest BCUT2D eigenvalue weighted by atomic mass is 9.78. The summed E-state index contributed by atoms with van der Waals surface area (Å²) in [4.78, 5) is 76.5. The number of nitrogens with zero attached hydrogens (tertiary/aromatic N) is 11. The van der Waals surface area contributed by atoms with E-state index in [0.29, 0.717) is 91.9 Å². The van der Waals surface area contributed by atoms with Gasteiger partial charge in [-0.2, -0.15) is 5.10 Å². The second-order valence-electron chi connectivity index (χ2n) is 21.1. The number of carbonyl (C=O) groups excluding carboxylic acids is 4. The lowest BCUT2D eigenvalue weighted by molar-refractivity contribution is -0.134. The van der Waals surface area contributed by atoms with Gasteiger partial charge in [-0.15, -0.1) is 0 Å². The van der Waals surface area contributed by atoms with Crippen LogP contribution in [-0.4, -0.2) is 144 Å². The first-order valence-electron chi connectivity index (χ1n) is 24.6. The molecule has 20 nitrogen and oxygen atoms in total. The highest BCUT2D eigenvalue weighted by Crippen LogP contribution is 2.48. The molecule has 1 unspecified atom stereocenters. The average molecular weight is 978 g/mol. The maximum atomic E-state index is 15.4. The molecule has 5 N–H and O–H groups in total. The molecule has 0 spiro atoms. The fraction of sp³-hybridized carbons (Fsp3) is 0.551. The van der Waals surface area contributed by atoms with E-state index in [9.17, 15) is 19.2 Å². The Morgan fingerprint density at radius 2 is 1.59 bits per heavy atom. The molecule has 1 aliphatic carbocycles. The molecule has 1 aromatic carbocycles. The van der Waals surface area contributed by atoms with Crippen LogP contribution >= 0.6 is 0 Å². The number of nitrogens with one attached hydrogen (secondary N) is 3. The van der Waals surface area contributed by atoms with Crippen LogP contribution in [0.25, 0.3) is 33.8 Å². The number of hydrogen-bond donors (Lipinski definition) is 4. The van der Waals surface area contributed by atoms with Crippen molar-refractivity contribution in [1.82, 2.24) is 60.2 Å². The maximum absolute atomic E-state index is 15.4. The van der Waals surface area contributed by atoms with Gasteiger partial charge in [-0.1, -0.05) is 5.16 Å². The molecule has 5 aromatic rings. The van der Waals surface area contributed by atoms with Gasteiger partial charge in [0.05, 0.1) is 23.0 Å². The highest BCUT2D eigenvalue weighted by atomic mass is 19.1. The SMILES string of the molecule is Cc1nc(-c2c(-c3nn(C(C)(C)C)c4ncnc(N)c34)noc2C2CC2)ncc1C1CN(C(=O)NCC(=O)N2CCC(C(C)(C)N3CCN(c4c(F)cc(NC5CCC(=O)NC5=O)cc4F)CC3)CC2)C1. The Bertz CT molecular complexity index is 2880. The van der Waals surface area contributed by atoms with Crippen molar-refractivity contribution in [3.8, 4) is 22.8 Å². The third-order valence-electron chi connectivity index (χ3n) is 15.1. The number of benzene rings is 1. The van der Waals surface area contributed by atoms with Gasteiger partial charge in [-0.05, 0) is 97.3 Å². The zero-order valence-electron chi connectivity index (χ0n) is 41.0. The Balaban J connectivity index is 0.697. The first kappa shape index (κ1) is 47.8. The molecule has 0 bridgehead atoms. The number of amides is 5. The number of piperazine rings is 1. The highest BCUT2D eigenvalue weighted by Gasteiger charge is 2.41. The second-order valence-corrected chi connectivity index (χ2v) is 21.1. The first-order valence-corrected chi connectivity index (χ1v) is 24.6. The summed E-state index contributed by atoms with van der Waals surface area (Å²) in [6.07, 6.45) is 7.15. The van der Waals surface area contributed by atoms with Gasteiger partial charge in [0.1, 0.15) is 35.3 Å². The number of aromatic nitrogens is 7. The molecule has 71 heavy (non-hydrogen) atoms. The fourth-order valence-electron chi connectivity index (χ4n) is 10.7. The predicted molar refractivity (Wildman–Crippen MR) is 259 cm³/mol. The number of carbonyl (C=O) groups is 4. The zero-order chi connectivity index (χ0) is 50.1. The second kappa shape index (κ2) is 18.4. The molecule has 1 saturated carbocycles. The van der Waals surface area contributed by atoms with Crippen molar-refractivity contribution in [2.45, 2.75) is 109 Å². The molecule has 5 fully saturated rings. The number of likely N-dealkylation sites (tertiary alicyclic amines) is 2. The molecule has 10 rings (SSSR count). The Morgan fingerprint density at radius 1 is 0.887 bits per heavy atom. The van der Waals surface area contributed by atoms with Crippen LogP contribution < -0.4 is 26.6 Å². The third kappa shape index (κ3) is 9.21. The summed E-state index contributed by atoms with van der Waals surface area (Å²) in [6.45, 7) is 16.4. The topological polar surface area (TPSA) is 239 Å². The molecule has 1 atom stereocenters. The van der Waals surface area contributed by atoms with Crippen LogP contribution in [0.5, 0.6) is 0 Å². The van der Waals surface area contributed by atoms with Gasteiger partial charge in [-0.3, -0.25) is 24.6 Å². The monoisotopic (exact) mass is 977 g/mol. The standard InChI is InChI=1S/C49H61F2N15O5/c1-26-31(21-53-44(57-26)37-40(61-71-42(37)27-7-8-27)39-38-43(52)55-25-56-45(38)66(60-39)48(2,3)4)28-23-64(24-28)47(70)54-22-36(68)62-13-11-29(12-14-62)49(5,6)65-17-15-63(16-18-65)41-32(50)19-30(20-33(41)51)58-34-9-10-35(67)59-46(34)69/h19-21,25,27-29,34,58H,7-18,22-24H2,1-6H3,(H,54,70)(H2,52,55,56)(H,59,67,69). The van der Waals surface area contributed by atoms with Gasteiger partial charge in [-0.25, -0.2) is 38.2 Å².